The number of nitrogens with zero attached hydrogens (tertiary/aromatic N) is 2. The van der Waals surface area contributed by atoms with E-state index in [1.165, 1.54) is 11.3 Å². The summed E-state index contributed by atoms with van der Waals surface area (Å²) in [6.45, 7) is 3.30. The molecule has 0 bridgehead atoms. The molecule has 1 aromatic heterocycles. The molecular formula is C11H14N4O4S. The summed E-state index contributed by atoms with van der Waals surface area (Å²) in [5.41, 5.74) is 0.802. The number of carboxylic acid groups (broad SMARTS) is 1. The van der Waals surface area contributed by atoms with E-state index in [0.717, 1.165) is 15.5 Å². The van der Waals surface area contributed by atoms with Crippen molar-refractivity contribution in [2.45, 2.75) is 19.9 Å². The van der Waals surface area contributed by atoms with E-state index in [1.54, 1.807) is 0 Å². The highest BCUT2D eigenvalue weighted by Crippen LogP contribution is 2.21. The molecule has 9 heteroatoms. The predicted octanol–water partition coefficient (Wildman–Crippen LogP) is 0.177. The number of hydrogen-bond acceptors (Lipinski definition) is 5. The Bertz CT molecular complexity index is 551. The number of aryl methyl sites for hydroxylation is 2. The first-order valence-electron chi connectivity index (χ1n) is 5.89. The molecule has 20 heavy (non-hydrogen) atoms. The normalized spacial score (nSPS) is 18.6. The van der Waals surface area contributed by atoms with Crippen molar-refractivity contribution >= 4 is 34.4 Å². The van der Waals surface area contributed by atoms with E-state index in [4.69, 9.17) is 5.11 Å². The first-order valence-corrected chi connectivity index (χ1v) is 6.71. The van der Waals surface area contributed by atoms with E-state index in [0.29, 0.717) is 5.13 Å². The van der Waals surface area contributed by atoms with Gasteiger partial charge in [-0.1, -0.05) is 0 Å². The van der Waals surface area contributed by atoms with E-state index in [2.05, 4.69) is 15.6 Å². The summed E-state index contributed by atoms with van der Waals surface area (Å²) in [6, 6.07) is -1.71. The lowest BCUT2D eigenvalue weighted by atomic mass is 10.2. The molecule has 1 aliphatic rings. The lowest BCUT2D eigenvalue weighted by Crippen LogP contribution is -2.60. The zero-order valence-electron chi connectivity index (χ0n) is 11.0. The molecule has 2 heterocycles. The molecule has 1 atom stereocenters. The average Bonchev–Trinajstić information content (AvgIpc) is 2.67. The Balaban J connectivity index is 2.12. The summed E-state index contributed by atoms with van der Waals surface area (Å²) in [5.74, 6) is -1.55. The van der Waals surface area contributed by atoms with Gasteiger partial charge in [-0.2, -0.15) is 0 Å². The van der Waals surface area contributed by atoms with Gasteiger partial charge in [0, 0.05) is 11.4 Å². The third-order valence-electron chi connectivity index (χ3n) is 2.97. The van der Waals surface area contributed by atoms with Gasteiger partial charge in [0.25, 0.3) is 0 Å². The van der Waals surface area contributed by atoms with Crippen molar-refractivity contribution in [1.29, 1.82) is 0 Å². The fraction of sp³-hybridized carbons (Fsp3) is 0.455. The molecule has 108 valence electrons. The molecule has 1 saturated heterocycles. The minimum absolute atomic E-state index is 0.0997. The summed E-state index contributed by atoms with van der Waals surface area (Å²) in [6.07, 6.45) is 0. The van der Waals surface area contributed by atoms with Gasteiger partial charge in [0.1, 0.15) is 12.6 Å². The second-order valence-electron chi connectivity index (χ2n) is 4.38. The Morgan fingerprint density at radius 1 is 1.50 bits per heavy atom. The molecule has 1 fully saturated rings. The quantitative estimate of drug-likeness (QED) is 0.721. The molecule has 0 aromatic carbocycles. The second-order valence-corrected chi connectivity index (χ2v) is 5.58. The highest BCUT2D eigenvalue weighted by molar-refractivity contribution is 7.15. The minimum atomic E-state index is -1.16. The van der Waals surface area contributed by atoms with Crippen molar-refractivity contribution in [3.63, 3.8) is 0 Å². The van der Waals surface area contributed by atoms with Gasteiger partial charge in [0.15, 0.2) is 5.13 Å². The van der Waals surface area contributed by atoms with Crippen LogP contribution in [0.5, 0.6) is 0 Å². The Morgan fingerprint density at radius 2 is 2.20 bits per heavy atom. The fourth-order valence-electron chi connectivity index (χ4n) is 1.76. The van der Waals surface area contributed by atoms with Crippen molar-refractivity contribution in [3.8, 4) is 0 Å². The number of amides is 3. The maximum Gasteiger partial charge on any atom is 0.328 e. The number of piperazine rings is 1. The number of carboxylic acids is 1. The van der Waals surface area contributed by atoms with Gasteiger partial charge < -0.3 is 10.4 Å². The maximum absolute atomic E-state index is 12.1. The molecule has 0 radical (unpaired) electrons. The van der Waals surface area contributed by atoms with Crippen molar-refractivity contribution in [2.24, 2.45) is 0 Å². The average molecular weight is 298 g/mol. The number of rotatable bonds is 2. The molecule has 0 saturated carbocycles. The highest BCUT2D eigenvalue weighted by Gasteiger charge is 2.35. The standard InChI is InChI=1S/C11H14N4O4S/c1-5-6(2)20-10(13-5)14-11(19)15-4-8(16)12-3-7(15)9(17)18/h7H,3-4H2,1-2H3,(H,12,16)(H,17,18)(H,13,14,19). The smallest absolute Gasteiger partial charge is 0.328 e. The van der Waals surface area contributed by atoms with Crippen LogP contribution in [0.1, 0.15) is 10.6 Å². The summed E-state index contributed by atoms with van der Waals surface area (Å²) in [5, 5.41) is 14.4. The van der Waals surface area contributed by atoms with Crippen LogP contribution in [-0.4, -0.2) is 52.0 Å². The summed E-state index contributed by atoms with van der Waals surface area (Å²) >= 11 is 1.30. The Morgan fingerprint density at radius 3 is 2.75 bits per heavy atom. The van der Waals surface area contributed by atoms with Crippen LogP contribution in [-0.2, 0) is 9.59 Å². The van der Waals surface area contributed by atoms with E-state index in [1.807, 2.05) is 13.8 Å². The number of thiazole rings is 1. The summed E-state index contributed by atoms with van der Waals surface area (Å²) in [7, 11) is 0. The van der Waals surface area contributed by atoms with Crippen LogP contribution in [0.4, 0.5) is 9.93 Å². The first-order chi connectivity index (χ1) is 9.38. The van der Waals surface area contributed by atoms with Crippen LogP contribution in [0, 0.1) is 13.8 Å². The molecule has 1 unspecified atom stereocenters. The van der Waals surface area contributed by atoms with Crippen LogP contribution < -0.4 is 10.6 Å². The van der Waals surface area contributed by atoms with E-state index >= 15 is 0 Å². The molecule has 0 aliphatic carbocycles. The third kappa shape index (κ3) is 2.87. The van der Waals surface area contributed by atoms with Gasteiger partial charge in [-0.3, -0.25) is 15.0 Å². The molecule has 0 spiro atoms. The molecular weight excluding hydrogens is 284 g/mol. The van der Waals surface area contributed by atoms with Gasteiger partial charge in [-0.25, -0.2) is 14.6 Å². The van der Waals surface area contributed by atoms with E-state index < -0.39 is 18.0 Å². The van der Waals surface area contributed by atoms with Gasteiger partial charge >= 0.3 is 12.0 Å². The number of hydrogen-bond donors (Lipinski definition) is 3. The van der Waals surface area contributed by atoms with Crippen LogP contribution in [0.15, 0.2) is 0 Å². The lowest BCUT2D eigenvalue weighted by Gasteiger charge is -2.32. The summed E-state index contributed by atoms with van der Waals surface area (Å²) in [4.78, 5) is 40.6. The van der Waals surface area contributed by atoms with Gasteiger partial charge in [-0.15, -0.1) is 11.3 Å². The SMILES string of the molecule is Cc1nc(NC(=O)N2CC(=O)NCC2C(=O)O)sc1C. The molecule has 3 N–H and O–H groups in total. The topological polar surface area (TPSA) is 112 Å². The number of aliphatic carboxylic acids is 1. The predicted molar refractivity (Wildman–Crippen MR) is 71.7 cm³/mol. The van der Waals surface area contributed by atoms with Gasteiger partial charge in [0.2, 0.25) is 5.91 Å². The summed E-state index contributed by atoms with van der Waals surface area (Å²) < 4.78 is 0. The fourth-order valence-corrected chi connectivity index (χ4v) is 2.57. The number of carbonyl (C=O) groups is 3. The molecule has 2 rings (SSSR count). The Labute approximate surface area is 118 Å². The number of nitrogens with one attached hydrogen (secondary N) is 2. The van der Waals surface area contributed by atoms with E-state index in [-0.39, 0.29) is 19.0 Å². The van der Waals surface area contributed by atoms with Crippen molar-refractivity contribution < 1.29 is 19.5 Å². The molecule has 1 aromatic rings. The van der Waals surface area contributed by atoms with E-state index in [9.17, 15) is 14.4 Å². The Kier molecular flexibility index (Phi) is 3.89. The second kappa shape index (κ2) is 5.45. The highest BCUT2D eigenvalue weighted by atomic mass is 32.1. The number of anilines is 1. The van der Waals surface area contributed by atoms with Crippen LogP contribution in [0.3, 0.4) is 0 Å². The number of urea groups is 1. The van der Waals surface area contributed by atoms with Crippen LogP contribution in [0.25, 0.3) is 0 Å². The monoisotopic (exact) mass is 298 g/mol. The number of aromatic nitrogens is 1. The van der Waals surface area contributed by atoms with Crippen molar-refractivity contribution in [3.05, 3.63) is 10.6 Å². The zero-order valence-corrected chi connectivity index (χ0v) is 11.8. The first kappa shape index (κ1) is 14.3. The van der Waals surface area contributed by atoms with Crippen LogP contribution >= 0.6 is 11.3 Å². The zero-order chi connectivity index (χ0) is 14.9. The third-order valence-corrected chi connectivity index (χ3v) is 3.96. The van der Waals surface area contributed by atoms with Gasteiger partial charge in [0.05, 0.1) is 5.69 Å². The van der Waals surface area contributed by atoms with Crippen LogP contribution in [0.2, 0.25) is 0 Å². The molecule has 8 nitrogen and oxygen atoms in total. The molecule has 1 aliphatic heterocycles. The van der Waals surface area contributed by atoms with Gasteiger partial charge in [-0.05, 0) is 13.8 Å². The lowest BCUT2D eigenvalue weighted by molar-refractivity contribution is -0.144. The number of carbonyl (C=O) groups excluding carboxylic acids is 2. The molecule has 3 amide bonds. The Hall–Kier alpha value is -2.16. The minimum Gasteiger partial charge on any atom is -0.480 e. The van der Waals surface area contributed by atoms with Crippen molar-refractivity contribution in [1.82, 2.24) is 15.2 Å². The van der Waals surface area contributed by atoms with Crippen molar-refractivity contribution in [2.75, 3.05) is 18.4 Å². The largest absolute Gasteiger partial charge is 0.480 e. The maximum atomic E-state index is 12.1.